The molecule has 3 rings (SSSR count). The van der Waals surface area contributed by atoms with Crippen LogP contribution in [0.15, 0.2) is 76.2 Å². The lowest BCUT2D eigenvalue weighted by molar-refractivity contribution is 0.0939. The van der Waals surface area contributed by atoms with Gasteiger partial charge >= 0.3 is 0 Å². The number of hydrogen-bond donors (Lipinski definition) is 1. The van der Waals surface area contributed by atoms with Crippen molar-refractivity contribution in [2.45, 2.75) is 17.5 Å². The van der Waals surface area contributed by atoms with Crippen molar-refractivity contribution in [2.75, 3.05) is 27.7 Å². The summed E-state index contributed by atoms with van der Waals surface area (Å²) in [6.07, 6.45) is 1.57. The first-order chi connectivity index (χ1) is 15.2. The molecule has 170 valence electrons. The number of nitrogens with one attached hydrogen (secondary N) is 1. The molecule has 7 nitrogen and oxygen atoms in total. The summed E-state index contributed by atoms with van der Waals surface area (Å²) in [4.78, 5) is 14.8. The van der Waals surface area contributed by atoms with Crippen LogP contribution in [0.2, 0.25) is 5.02 Å². The number of benzene rings is 2. The lowest BCUT2D eigenvalue weighted by atomic mass is 10.1. The van der Waals surface area contributed by atoms with E-state index in [2.05, 4.69) is 5.32 Å². The first-order valence-electron chi connectivity index (χ1n) is 9.98. The van der Waals surface area contributed by atoms with E-state index in [1.165, 1.54) is 29.6 Å². The molecule has 0 radical (unpaired) electrons. The van der Waals surface area contributed by atoms with Crippen molar-refractivity contribution in [1.82, 2.24) is 14.5 Å². The van der Waals surface area contributed by atoms with Gasteiger partial charge in [-0.25, -0.2) is 8.42 Å². The largest absolute Gasteiger partial charge is 0.468 e. The first-order valence-corrected chi connectivity index (χ1v) is 11.8. The zero-order valence-electron chi connectivity index (χ0n) is 18.2. The number of likely N-dealkylation sites (N-methyl/N-ethyl adjacent to an activating group) is 1. The maximum Gasteiger partial charge on any atom is 0.252 e. The normalized spacial score (nSPS) is 12.8. The predicted octanol–water partition coefficient (Wildman–Crippen LogP) is 3.79. The Kier molecular flexibility index (Phi) is 7.73. The van der Waals surface area contributed by atoms with Crippen LogP contribution in [0.1, 0.15) is 27.7 Å². The fourth-order valence-electron chi connectivity index (χ4n) is 3.25. The SMILES string of the molecule is CN(C)[C@@H](CNC(=O)c1cc(S(=O)(=O)N(C)Cc2ccccc2)ccc1Cl)c1ccco1. The van der Waals surface area contributed by atoms with Crippen molar-refractivity contribution in [1.29, 1.82) is 0 Å². The minimum Gasteiger partial charge on any atom is -0.468 e. The average molecular weight is 476 g/mol. The van der Waals surface area contributed by atoms with Crippen molar-refractivity contribution in [3.63, 3.8) is 0 Å². The van der Waals surface area contributed by atoms with Crippen LogP contribution in [0.3, 0.4) is 0 Å². The van der Waals surface area contributed by atoms with E-state index in [1.54, 1.807) is 12.3 Å². The predicted molar refractivity (Wildman–Crippen MR) is 124 cm³/mol. The molecule has 0 saturated carbocycles. The molecule has 1 N–H and O–H groups in total. The van der Waals surface area contributed by atoms with Gasteiger partial charge in [0.1, 0.15) is 5.76 Å². The molecule has 0 aliphatic rings. The van der Waals surface area contributed by atoms with Gasteiger partial charge in [0.25, 0.3) is 5.91 Å². The molecular formula is C23H26ClN3O4S. The maximum absolute atomic E-state index is 13.1. The van der Waals surface area contributed by atoms with E-state index in [-0.39, 0.29) is 34.6 Å². The summed E-state index contributed by atoms with van der Waals surface area (Å²) in [5, 5.41) is 3.00. The molecule has 0 bridgehead atoms. The Morgan fingerprint density at radius 1 is 1.06 bits per heavy atom. The van der Waals surface area contributed by atoms with Crippen molar-refractivity contribution in [3.8, 4) is 0 Å². The highest BCUT2D eigenvalue weighted by atomic mass is 35.5. The Balaban J connectivity index is 1.77. The summed E-state index contributed by atoms with van der Waals surface area (Å²) in [6, 6.07) is 16.9. The van der Waals surface area contributed by atoms with Crippen molar-refractivity contribution in [3.05, 3.63) is 88.8 Å². The number of furan rings is 1. The molecule has 0 fully saturated rings. The van der Waals surface area contributed by atoms with Gasteiger partial charge in [0.2, 0.25) is 10.0 Å². The molecule has 9 heteroatoms. The van der Waals surface area contributed by atoms with E-state index in [1.807, 2.05) is 55.4 Å². The van der Waals surface area contributed by atoms with Crippen LogP contribution < -0.4 is 5.32 Å². The van der Waals surface area contributed by atoms with Gasteiger partial charge in [0.15, 0.2) is 0 Å². The molecule has 3 aromatic rings. The van der Waals surface area contributed by atoms with Gasteiger partial charge in [-0.1, -0.05) is 41.9 Å². The summed E-state index contributed by atoms with van der Waals surface area (Å²) >= 11 is 6.23. The highest BCUT2D eigenvalue weighted by molar-refractivity contribution is 7.89. The highest BCUT2D eigenvalue weighted by Crippen LogP contribution is 2.24. The molecule has 2 aromatic carbocycles. The minimum atomic E-state index is -3.82. The maximum atomic E-state index is 13.1. The number of sulfonamides is 1. The summed E-state index contributed by atoms with van der Waals surface area (Å²) in [6.45, 7) is 0.474. The average Bonchev–Trinajstić information content (AvgIpc) is 3.28. The lowest BCUT2D eigenvalue weighted by Crippen LogP contribution is -2.34. The van der Waals surface area contributed by atoms with Gasteiger partial charge in [0, 0.05) is 20.1 Å². The second kappa shape index (κ2) is 10.3. The third-order valence-electron chi connectivity index (χ3n) is 5.09. The van der Waals surface area contributed by atoms with Crippen LogP contribution in [0.5, 0.6) is 0 Å². The number of nitrogens with zero attached hydrogens (tertiary/aromatic N) is 2. The van der Waals surface area contributed by atoms with Crippen LogP contribution in [0, 0.1) is 0 Å². The number of halogens is 1. The molecule has 1 amide bonds. The monoisotopic (exact) mass is 475 g/mol. The Morgan fingerprint density at radius 3 is 2.41 bits per heavy atom. The van der Waals surface area contributed by atoms with Gasteiger partial charge in [0.05, 0.1) is 27.8 Å². The van der Waals surface area contributed by atoms with Crippen LogP contribution in [0.4, 0.5) is 0 Å². The van der Waals surface area contributed by atoms with Gasteiger partial charge < -0.3 is 9.73 Å². The van der Waals surface area contributed by atoms with Crippen molar-refractivity contribution in [2.24, 2.45) is 0 Å². The second-order valence-electron chi connectivity index (χ2n) is 7.59. The van der Waals surface area contributed by atoms with Crippen molar-refractivity contribution >= 4 is 27.5 Å². The Bertz CT molecular complexity index is 1150. The summed E-state index contributed by atoms with van der Waals surface area (Å²) in [5.41, 5.74) is 0.955. The van der Waals surface area contributed by atoms with Gasteiger partial charge in [-0.2, -0.15) is 4.31 Å². The Labute approximate surface area is 193 Å². The summed E-state index contributed by atoms with van der Waals surface area (Å²) < 4.78 is 32.8. The molecule has 1 heterocycles. The third kappa shape index (κ3) is 5.58. The fraction of sp³-hybridized carbons (Fsp3) is 0.261. The Morgan fingerprint density at radius 2 is 1.78 bits per heavy atom. The minimum absolute atomic E-state index is 0.000625. The molecule has 32 heavy (non-hydrogen) atoms. The van der Waals surface area contributed by atoms with E-state index in [4.69, 9.17) is 16.0 Å². The standard InChI is InChI=1S/C23H26ClN3O4S/c1-26(2)21(22-10-7-13-31-22)15-25-23(28)19-14-18(11-12-20(19)24)32(29,30)27(3)16-17-8-5-4-6-9-17/h4-14,21H,15-16H2,1-3H3,(H,25,28)/t21-/m0/s1. The first kappa shape index (κ1) is 24.0. The molecule has 0 unspecified atom stereocenters. The molecule has 0 aliphatic carbocycles. The quantitative estimate of drug-likeness (QED) is 0.509. The number of carbonyl (C=O) groups excluding carboxylic acids is 1. The number of carbonyl (C=O) groups is 1. The zero-order valence-corrected chi connectivity index (χ0v) is 19.7. The molecule has 1 aromatic heterocycles. The van der Waals surface area contributed by atoms with Crippen LogP contribution >= 0.6 is 11.6 Å². The Hall–Kier alpha value is -2.65. The molecule has 0 aliphatic heterocycles. The van der Waals surface area contributed by atoms with Crippen LogP contribution in [-0.2, 0) is 16.6 Å². The molecular weight excluding hydrogens is 450 g/mol. The molecule has 1 atom stereocenters. The smallest absolute Gasteiger partial charge is 0.252 e. The van der Waals surface area contributed by atoms with Crippen LogP contribution in [0.25, 0.3) is 0 Å². The van der Waals surface area contributed by atoms with E-state index in [0.29, 0.717) is 5.76 Å². The number of amides is 1. The van der Waals surface area contributed by atoms with Gasteiger partial charge in [-0.05, 0) is 50.0 Å². The van der Waals surface area contributed by atoms with E-state index >= 15 is 0 Å². The second-order valence-corrected chi connectivity index (χ2v) is 10.0. The summed E-state index contributed by atoms with van der Waals surface area (Å²) in [7, 11) is 1.44. The molecule has 0 spiro atoms. The highest BCUT2D eigenvalue weighted by Gasteiger charge is 2.24. The summed E-state index contributed by atoms with van der Waals surface area (Å²) in [5.74, 6) is 0.247. The topological polar surface area (TPSA) is 82.9 Å². The van der Waals surface area contributed by atoms with E-state index in [9.17, 15) is 13.2 Å². The van der Waals surface area contributed by atoms with E-state index < -0.39 is 15.9 Å². The van der Waals surface area contributed by atoms with Crippen molar-refractivity contribution < 1.29 is 17.6 Å². The van der Waals surface area contributed by atoms with Crippen LogP contribution in [-0.4, -0.2) is 51.2 Å². The fourth-order valence-corrected chi connectivity index (χ4v) is 4.64. The molecule has 0 saturated heterocycles. The lowest BCUT2D eigenvalue weighted by Gasteiger charge is -2.23. The zero-order chi connectivity index (χ0) is 23.3. The number of hydrogen-bond acceptors (Lipinski definition) is 5. The van der Waals surface area contributed by atoms with E-state index in [0.717, 1.165) is 5.56 Å². The van der Waals surface area contributed by atoms with Gasteiger partial charge in [-0.3, -0.25) is 9.69 Å². The van der Waals surface area contributed by atoms with Gasteiger partial charge in [-0.15, -0.1) is 0 Å². The third-order valence-corrected chi connectivity index (χ3v) is 7.22. The number of rotatable bonds is 9.